The van der Waals surface area contributed by atoms with Crippen molar-refractivity contribution < 1.29 is 18.7 Å². The molecule has 0 saturated heterocycles. The highest BCUT2D eigenvalue weighted by Crippen LogP contribution is 2.29. The van der Waals surface area contributed by atoms with Gasteiger partial charge in [0.25, 0.3) is 0 Å². The highest BCUT2D eigenvalue weighted by atomic mass is 16.5. The van der Waals surface area contributed by atoms with Crippen LogP contribution < -0.4 is 10.4 Å². The van der Waals surface area contributed by atoms with Crippen molar-refractivity contribution in [2.45, 2.75) is 6.61 Å². The Morgan fingerprint density at radius 2 is 1.63 bits per heavy atom. The first-order valence-corrected chi connectivity index (χ1v) is 11.2. The average Bonchev–Trinajstić information content (AvgIpc) is 2.90. The zero-order valence-electron chi connectivity index (χ0n) is 19.1. The van der Waals surface area contributed by atoms with Crippen molar-refractivity contribution in [1.82, 2.24) is 0 Å². The molecule has 0 fully saturated rings. The Balaban J connectivity index is 1.54. The van der Waals surface area contributed by atoms with E-state index in [1.807, 2.05) is 84.9 Å². The number of hydrogen-bond acceptors (Lipinski definition) is 5. The quantitative estimate of drug-likeness (QED) is 0.0983. The zero-order valence-corrected chi connectivity index (χ0v) is 19.1. The summed E-state index contributed by atoms with van der Waals surface area (Å²) in [5.74, 6) is 0.135. The van der Waals surface area contributed by atoms with Crippen LogP contribution >= 0.6 is 0 Å². The fourth-order valence-electron chi connectivity index (χ4n) is 4.17. The number of fused-ring (bicyclic) bond motifs is 3. The average molecular weight is 463 g/mol. The molecule has 0 spiro atoms. The fraction of sp³-hybridized carbons (Fsp3) is 0.0667. The van der Waals surface area contributed by atoms with Gasteiger partial charge in [-0.2, -0.15) is 0 Å². The fourth-order valence-corrected chi connectivity index (χ4v) is 4.17. The normalized spacial score (nSPS) is 11.5. The van der Waals surface area contributed by atoms with Gasteiger partial charge in [0, 0.05) is 22.6 Å². The Kier molecular flexibility index (Phi) is 6.14. The van der Waals surface area contributed by atoms with E-state index in [9.17, 15) is 9.59 Å². The minimum Gasteiger partial charge on any atom is -0.496 e. The van der Waals surface area contributed by atoms with Crippen LogP contribution in [-0.4, -0.2) is 13.1 Å². The first-order valence-electron chi connectivity index (χ1n) is 11.2. The predicted octanol–water partition coefficient (Wildman–Crippen LogP) is 6.24. The second-order valence-corrected chi connectivity index (χ2v) is 7.99. The summed E-state index contributed by atoms with van der Waals surface area (Å²) in [7, 11) is 1.59. The van der Waals surface area contributed by atoms with Crippen molar-refractivity contribution in [1.29, 1.82) is 0 Å². The third-order valence-electron chi connectivity index (χ3n) is 5.82. The topological polar surface area (TPSA) is 65.7 Å². The monoisotopic (exact) mass is 462 g/mol. The van der Waals surface area contributed by atoms with Gasteiger partial charge in [0.1, 0.15) is 17.9 Å². The number of carbonyl (C=O) groups is 1. The lowest BCUT2D eigenvalue weighted by atomic mass is 10.0. The molecule has 0 bridgehead atoms. The SMILES string of the molecule is COc1ccccc1C=C(C(=O)OCc1cc(=O)oc2ccc3ccccc3c12)c1ccccc1. The van der Waals surface area contributed by atoms with Crippen LogP contribution in [-0.2, 0) is 16.1 Å². The van der Waals surface area contributed by atoms with Crippen LogP contribution in [0.2, 0.25) is 0 Å². The van der Waals surface area contributed by atoms with Gasteiger partial charge in [-0.3, -0.25) is 0 Å². The lowest BCUT2D eigenvalue weighted by Crippen LogP contribution is -2.09. The number of methoxy groups -OCH3 is 1. The van der Waals surface area contributed by atoms with E-state index >= 15 is 0 Å². The molecule has 1 aromatic heterocycles. The molecule has 0 radical (unpaired) electrons. The first-order chi connectivity index (χ1) is 17.1. The van der Waals surface area contributed by atoms with Gasteiger partial charge in [-0.25, -0.2) is 9.59 Å². The lowest BCUT2D eigenvalue weighted by molar-refractivity contribution is -0.137. The maximum Gasteiger partial charge on any atom is 0.339 e. The van der Waals surface area contributed by atoms with Gasteiger partial charge >= 0.3 is 11.6 Å². The Morgan fingerprint density at radius 3 is 2.46 bits per heavy atom. The van der Waals surface area contributed by atoms with Crippen molar-refractivity contribution in [2.24, 2.45) is 0 Å². The summed E-state index contributed by atoms with van der Waals surface area (Å²) >= 11 is 0. The molecular weight excluding hydrogens is 440 g/mol. The number of benzene rings is 4. The molecule has 35 heavy (non-hydrogen) atoms. The number of carbonyl (C=O) groups excluding carboxylic acids is 1. The molecule has 5 nitrogen and oxygen atoms in total. The summed E-state index contributed by atoms with van der Waals surface area (Å²) in [6.07, 6.45) is 1.75. The van der Waals surface area contributed by atoms with Crippen molar-refractivity contribution in [3.63, 3.8) is 0 Å². The molecule has 0 amide bonds. The van der Waals surface area contributed by atoms with E-state index in [2.05, 4.69) is 0 Å². The second kappa shape index (κ2) is 9.69. The maximum absolute atomic E-state index is 13.4. The van der Waals surface area contributed by atoms with Crippen molar-refractivity contribution in [2.75, 3.05) is 7.11 Å². The smallest absolute Gasteiger partial charge is 0.339 e. The van der Waals surface area contributed by atoms with Crippen LogP contribution in [0.25, 0.3) is 33.4 Å². The van der Waals surface area contributed by atoms with E-state index in [1.54, 1.807) is 19.3 Å². The molecule has 0 saturated carbocycles. The van der Waals surface area contributed by atoms with Crippen LogP contribution in [0.1, 0.15) is 16.7 Å². The minimum absolute atomic E-state index is 0.0783. The van der Waals surface area contributed by atoms with Gasteiger partial charge in [0.05, 0.1) is 12.7 Å². The van der Waals surface area contributed by atoms with Gasteiger partial charge in [-0.05, 0) is 34.5 Å². The summed E-state index contributed by atoms with van der Waals surface area (Å²) < 4.78 is 16.6. The molecule has 0 unspecified atom stereocenters. The number of para-hydroxylation sites is 1. The Hall–Kier alpha value is -4.64. The zero-order chi connectivity index (χ0) is 24.2. The van der Waals surface area contributed by atoms with Crippen LogP contribution in [0.3, 0.4) is 0 Å². The summed E-state index contributed by atoms with van der Waals surface area (Å²) in [4.78, 5) is 25.6. The van der Waals surface area contributed by atoms with Gasteiger partial charge < -0.3 is 13.9 Å². The molecule has 4 aromatic carbocycles. The second-order valence-electron chi connectivity index (χ2n) is 7.99. The van der Waals surface area contributed by atoms with Gasteiger partial charge in [-0.15, -0.1) is 0 Å². The first kappa shape index (κ1) is 22.2. The van der Waals surface area contributed by atoms with E-state index < -0.39 is 11.6 Å². The van der Waals surface area contributed by atoms with Crippen molar-refractivity contribution in [3.8, 4) is 5.75 Å². The van der Waals surface area contributed by atoms with E-state index in [0.29, 0.717) is 28.0 Å². The molecule has 5 rings (SSSR count). The van der Waals surface area contributed by atoms with Gasteiger partial charge in [-0.1, -0.05) is 78.9 Å². The molecule has 5 heteroatoms. The Labute approximate surface area is 201 Å². The molecule has 172 valence electrons. The van der Waals surface area contributed by atoms with Gasteiger partial charge in [0.2, 0.25) is 0 Å². The summed E-state index contributed by atoms with van der Waals surface area (Å²) in [5.41, 5.74) is 2.40. The highest BCUT2D eigenvalue weighted by Gasteiger charge is 2.17. The standard InChI is InChI=1S/C30H22O5/c1-33-26-14-8-6-12-22(26)17-25(20-9-3-2-4-10-20)30(32)34-19-23-18-28(31)35-27-16-15-21-11-5-7-13-24(21)29(23)27/h2-18H,19H2,1H3. The summed E-state index contributed by atoms with van der Waals surface area (Å²) in [6.45, 7) is -0.0783. The van der Waals surface area contributed by atoms with E-state index in [1.165, 1.54) is 6.07 Å². The number of ether oxygens (including phenoxy) is 2. The van der Waals surface area contributed by atoms with E-state index in [0.717, 1.165) is 21.7 Å². The molecular formula is C30H22O5. The highest BCUT2D eigenvalue weighted by molar-refractivity contribution is 6.21. The third-order valence-corrected chi connectivity index (χ3v) is 5.82. The Bertz CT molecular complexity index is 1610. The predicted molar refractivity (Wildman–Crippen MR) is 137 cm³/mol. The lowest BCUT2D eigenvalue weighted by Gasteiger charge is -2.12. The van der Waals surface area contributed by atoms with Crippen LogP contribution in [0, 0.1) is 0 Å². The van der Waals surface area contributed by atoms with Crippen molar-refractivity contribution >= 4 is 39.4 Å². The number of rotatable bonds is 6. The third kappa shape index (κ3) is 4.57. The number of esters is 1. The molecule has 1 heterocycles. The molecule has 5 aromatic rings. The molecule has 0 aliphatic carbocycles. The molecule has 0 atom stereocenters. The minimum atomic E-state index is -0.510. The summed E-state index contributed by atoms with van der Waals surface area (Å²) in [6, 6.07) is 29.6. The van der Waals surface area contributed by atoms with E-state index in [4.69, 9.17) is 13.9 Å². The maximum atomic E-state index is 13.4. The molecule has 0 aliphatic rings. The Morgan fingerprint density at radius 1 is 0.886 bits per heavy atom. The molecule has 0 N–H and O–H groups in total. The van der Waals surface area contributed by atoms with Crippen LogP contribution in [0.15, 0.2) is 106 Å². The van der Waals surface area contributed by atoms with Crippen LogP contribution in [0.5, 0.6) is 5.75 Å². The van der Waals surface area contributed by atoms with Crippen molar-refractivity contribution in [3.05, 3.63) is 124 Å². The van der Waals surface area contributed by atoms with E-state index in [-0.39, 0.29) is 6.61 Å². The van der Waals surface area contributed by atoms with Crippen LogP contribution in [0.4, 0.5) is 0 Å². The largest absolute Gasteiger partial charge is 0.496 e. The summed E-state index contributed by atoms with van der Waals surface area (Å²) in [5, 5.41) is 2.68. The number of hydrogen-bond donors (Lipinski definition) is 0. The van der Waals surface area contributed by atoms with Gasteiger partial charge in [0.15, 0.2) is 0 Å². The molecule has 0 aliphatic heterocycles.